The van der Waals surface area contributed by atoms with Gasteiger partial charge in [-0.05, 0) is 36.7 Å². The van der Waals surface area contributed by atoms with Crippen molar-refractivity contribution in [3.8, 4) is 0 Å². The van der Waals surface area contributed by atoms with E-state index in [4.69, 9.17) is 10.2 Å². The molecule has 0 amide bonds. The fourth-order valence-electron chi connectivity index (χ4n) is 1.59. The van der Waals surface area contributed by atoms with E-state index in [2.05, 4.69) is 9.69 Å². The minimum absolute atomic E-state index is 0.0550. The predicted octanol–water partition coefficient (Wildman–Crippen LogP) is 1.54. The van der Waals surface area contributed by atoms with E-state index >= 15 is 0 Å². The molecule has 4 N–H and O–H groups in total. The number of carboxylic acid groups (broad SMARTS) is 1. The molecular weight excluding hydrogens is 302 g/mol. The zero-order chi connectivity index (χ0) is 14.9. The van der Waals surface area contributed by atoms with Crippen LogP contribution in [0.15, 0.2) is 29.2 Å². The molecule has 0 spiro atoms. The van der Waals surface area contributed by atoms with E-state index in [-0.39, 0.29) is 10.5 Å². The van der Waals surface area contributed by atoms with E-state index in [1.54, 1.807) is 13.0 Å². The predicted molar refractivity (Wildman–Crippen MR) is 74.9 cm³/mol. The molecule has 0 atom stereocenters. The summed E-state index contributed by atoms with van der Waals surface area (Å²) in [5.74, 6) is -1.10. The highest BCUT2D eigenvalue weighted by atomic mass is 32.2. The molecule has 20 heavy (non-hydrogen) atoms. The smallest absolute Gasteiger partial charge is 0.340 e. The second-order valence-corrected chi connectivity index (χ2v) is 6.31. The van der Waals surface area contributed by atoms with Gasteiger partial charge in [-0.3, -0.25) is 0 Å². The second kappa shape index (κ2) is 5.19. The van der Waals surface area contributed by atoms with Gasteiger partial charge in [0.05, 0.1) is 10.6 Å². The third kappa shape index (κ3) is 2.95. The average Bonchev–Trinajstić information content (AvgIpc) is 2.69. The summed E-state index contributed by atoms with van der Waals surface area (Å²) in [5.41, 5.74) is 0.881. The number of nitrogens with zero attached hydrogens (tertiary/aromatic N) is 1. The number of sulfonamides is 1. The molecule has 0 unspecified atom stereocenters. The summed E-state index contributed by atoms with van der Waals surface area (Å²) in [5, 5.41) is 17.3. The first-order valence-corrected chi connectivity index (χ1v) is 7.70. The number of rotatable bonds is 4. The number of carbonyl (C=O) groups is 1. The Kier molecular flexibility index (Phi) is 3.75. The molecule has 0 aliphatic carbocycles. The van der Waals surface area contributed by atoms with Crippen molar-refractivity contribution >= 4 is 38.2 Å². The first-order chi connectivity index (χ1) is 9.29. The lowest BCUT2D eigenvalue weighted by atomic mass is 10.2. The molecule has 1 heterocycles. The number of aromatic carboxylic acids is 1. The van der Waals surface area contributed by atoms with Crippen LogP contribution in [0.5, 0.6) is 0 Å². The number of anilines is 2. The first-order valence-electron chi connectivity index (χ1n) is 5.38. The Morgan fingerprint density at radius 3 is 2.75 bits per heavy atom. The summed E-state index contributed by atoms with van der Waals surface area (Å²) in [6.45, 7) is 1.59. The molecule has 0 fully saturated rings. The van der Waals surface area contributed by atoms with Crippen molar-refractivity contribution in [2.24, 2.45) is 5.14 Å². The number of aromatic nitrogens is 1. The molecule has 2 aromatic rings. The van der Waals surface area contributed by atoms with Gasteiger partial charge < -0.3 is 10.4 Å². The molecule has 0 radical (unpaired) electrons. The van der Waals surface area contributed by atoms with Crippen molar-refractivity contribution < 1.29 is 18.3 Å². The highest BCUT2D eigenvalue weighted by Crippen LogP contribution is 2.28. The SMILES string of the molecule is Cc1nsc(Nc2cccc(S(N)(=O)=O)c2)c1C(=O)O. The van der Waals surface area contributed by atoms with Gasteiger partial charge in [-0.2, -0.15) is 4.37 Å². The number of benzene rings is 1. The minimum Gasteiger partial charge on any atom is -0.478 e. The van der Waals surface area contributed by atoms with Gasteiger partial charge in [-0.25, -0.2) is 18.4 Å². The topological polar surface area (TPSA) is 122 Å². The number of hydrogen-bond acceptors (Lipinski definition) is 6. The van der Waals surface area contributed by atoms with Crippen LogP contribution in [0.25, 0.3) is 0 Å². The Morgan fingerprint density at radius 1 is 1.45 bits per heavy atom. The maximum atomic E-state index is 11.3. The summed E-state index contributed by atoms with van der Waals surface area (Å²) in [6, 6.07) is 5.80. The van der Waals surface area contributed by atoms with E-state index in [9.17, 15) is 13.2 Å². The Balaban J connectivity index is 2.39. The van der Waals surface area contributed by atoms with E-state index in [0.29, 0.717) is 16.4 Å². The van der Waals surface area contributed by atoms with Crippen LogP contribution in [0, 0.1) is 6.92 Å². The zero-order valence-electron chi connectivity index (χ0n) is 10.3. The molecule has 1 aromatic heterocycles. The van der Waals surface area contributed by atoms with E-state index in [1.165, 1.54) is 18.2 Å². The van der Waals surface area contributed by atoms with Crippen molar-refractivity contribution in [2.45, 2.75) is 11.8 Å². The van der Waals surface area contributed by atoms with Crippen LogP contribution in [0.2, 0.25) is 0 Å². The van der Waals surface area contributed by atoms with Crippen LogP contribution in [0.1, 0.15) is 16.1 Å². The summed E-state index contributed by atoms with van der Waals surface area (Å²) in [4.78, 5) is 11.1. The van der Waals surface area contributed by atoms with Crippen LogP contribution in [-0.2, 0) is 10.0 Å². The van der Waals surface area contributed by atoms with Gasteiger partial charge in [0.25, 0.3) is 0 Å². The molecule has 0 aliphatic rings. The van der Waals surface area contributed by atoms with Gasteiger partial charge in [0.15, 0.2) is 0 Å². The molecule has 0 saturated carbocycles. The lowest BCUT2D eigenvalue weighted by molar-refractivity contribution is 0.0697. The van der Waals surface area contributed by atoms with Gasteiger partial charge >= 0.3 is 5.97 Å². The number of nitrogens with two attached hydrogens (primary N) is 1. The fraction of sp³-hybridized carbons (Fsp3) is 0.0909. The van der Waals surface area contributed by atoms with E-state index < -0.39 is 16.0 Å². The van der Waals surface area contributed by atoms with Crippen molar-refractivity contribution in [2.75, 3.05) is 5.32 Å². The van der Waals surface area contributed by atoms with Crippen LogP contribution in [-0.4, -0.2) is 23.9 Å². The summed E-state index contributed by atoms with van der Waals surface area (Å²) in [6.07, 6.45) is 0. The summed E-state index contributed by atoms with van der Waals surface area (Å²) >= 11 is 0.990. The van der Waals surface area contributed by atoms with Crippen molar-refractivity contribution in [3.05, 3.63) is 35.5 Å². The maximum Gasteiger partial charge on any atom is 0.340 e. The normalized spacial score (nSPS) is 11.3. The largest absolute Gasteiger partial charge is 0.478 e. The average molecular weight is 313 g/mol. The minimum atomic E-state index is -3.81. The number of nitrogens with one attached hydrogen (secondary N) is 1. The van der Waals surface area contributed by atoms with Gasteiger partial charge in [0.2, 0.25) is 10.0 Å². The van der Waals surface area contributed by atoms with Gasteiger partial charge in [-0.1, -0.05) is 6.07 Å². The highest BCUT2D eigenvalue weighted by Gasteiger charge is 2.18. The Morgan fingerprint density at radius 2 is 2.15 bits per heavy atom. The molecule has 0 bridgehead atoms. The van der Waals surface area contributed by atoms with E-state index in [0.717, 1.165) is 11.5 Å². The van der Waals surface area contributed by atoms with Gasteiger partial charge in [0.1, 0.15) is 10.6 Å². The summed E-state index contributed by atoms with van der Waals surface area (Å²) < 4.78 is 26.5. The van der Waals surface area contributed by atoms with Gasteiger partial charge in [-0.15, -0.1) is 0 Å². The second-order valence-electron chi connectivity index (χ2n) is 3.98. The molecule has 106 valence electrons. The number of primary sulfonamides is 1. The third-order valence-electron chi connectivity index (χ3n) is 2.50. The number of hydrogen-bond donors (Lipinski definition) is 3. The van der Waals surface area contributed by atoms with Crippen molar-refractivity contribution in [1.29, 1.82) is 0 Å². The monoisotopic (exact) mass is 313 g/mol. The van der Waals surface area contributed by atoms with Crippen LogP contribution >= 0.6 is 11.5 Å². The molecule has 2 rings (SSSR count). The van der Waals surface area contributed by atoms with Crippen molar-refractivity contribution in [1.82, 2.24) is 4.37 Å². The maximum absolute atomic E-state index is 11.3. The molecular formula is C11H11N3O4S2. The first kappa shape index (κ1) is 14.4. The fourth-order valence-corrected chi connectivity index (χ4v) is 2.96. The van der Waals surface area contributed by atoms with Crippen LogP contribution < -0.4 is 10.5 Å². The molecule has 7 nitrogen and oxygen atoms in total. The van der Waals surface area contributed by atoms with Crippen LogP contribution in [0.3, 0.4) is 0 Å². The Bertz CT molecular complexity index is 768. The molecule has 9 heteroatoms. The Hall–Kier alpha value is -1.97. The van der Waals surface area contributed by atoms with Crippen LogP contribution in [0.4, 0.5) is 10.7 Å². The lowest BCUT2D eigenvalue weighted by Crippen LogP contribution is -2.12. The molecule has 0 saturated heterocycles. The quantitative estimate of drug-likeness (QED) is 0.787. The van der Waals surface area contributed by atoms with Gasteiger partial charge in [0, 0.05) is 5.69 Å². The third-order valence-corrected chi connectivity index (χ3v) is 4.26. The standard InChI is InChI=1S/C11H11N3O4S2/c1-6-9(11(15)16)10(19-14-6)13-7-3-2-4-8(5-7)20(12,17)18/h2-5,13H,1H3,(H,15,16)(H2,12,17,18). The molecule has 1 aromatic carbocycles. The lowest BCUT2D eigenvalue weighted by Gasteiger charge is -2.06. The Labute approximate surface area is 119 Å². The number of carboxylic acids is 1. The zero-order valence-corrected chi connectivity index (χ0v) is 12.0. The highest BCUT2D eigenvalue weighted by molar-refractivity contribution is 7.89. The summed E-state index contributed by atoms with van der Waals surface area (Å²) in [7, 11) is -3.81. The van der Waals surface area contributed by atoms with E-state index in [1.807, 2.05) is 0 Å². The van der Waals surface area contributed by atoms with Crippen molar-refractivity contribution in [3.63, 3.8) is 0 Å². The number of aryl methyl sites for hydroxylation is 1. The molecule has 0 aliphatic heterocycles.